The summed E-state index contributed by atoms with van der Waals surface area (Å²) in [5.41, 5.74) is 1.16. The van der Waals surface area contributed by atoms with Crippen LogP contribution in [0, 0.1) is 0 Å². The smallest absolute Gasteiger partial charge is 0.191 e. The van der Waals surface area contributed by atoms with E-state index >= 15 is 0 Å². The number of hydrogen-bond donors (Lipinski definition) is 2. The summed E-state index contributed by atoms with van der Waals surface area (Å²) in [5.74, 6) is 3.44. The van der Waals surface area contributed by atoms with Crippen LogP contribution in [0.4, 0.5) is 0 Å². The zero-order valence-electron chi connectivity index (χ0n) is 17.0. The number of rotatable bonds is 10. The Morgan fingerprint density at radius 1 is 1.17 bits per heavy atom. The normalized spacial score (nSPS) is 11.4. The van der Waals surface area contributed by atoms with E-state index in [0.717, 1.165) is 54.8 Å². The first-order valence-corrected chi connectivity index (χ1v) is 9.83. The predicted molar refractivity (Wildman–Crippen MR) is 112 cm³/mol. The number of aromatic nitrogens is 3. The molecule has 2 N–H and O–H groups in total. The van der Waals surface area contributed by atoms with Crippen LogP contribution in [0.5, 0.6) is 5.75 Å². The van der Waals surface area contributed by atoms with Gasteiger partial charge in [0.15, 0.2) is 5.96 Å². The summed E-state index contributed by atoms with van der Waals surface area (Å²) in [5, 5.41) is 14.9. The van der Waals surface area contributed by atoms with E-state index in [0.29, 0.717) is 13.1 Å². The highest BCUT2D eigenvalue weighted by Gasteiger charge is 2.05. The number of aryl methyl sites for hydroxylation is 1. The minimum absolute atomic E-state index is 0.476. The fourth-order valence-corrected chi connectivity index (χ4v) is 2.99. The second-order valence-corrected chi connectivity index (χ2v) is 6.45. The number of para-hydroxylation sites is 1. The van der Waals surface area contributed by atoms with Gasteiger partial charge in [0.2, 0.25) is 0 Å². The third kappa shape index (κ3) is 6.10. The Balaban J connectivity index is 1.56. The topological polar surface area (TPSA) is 89.5 Å². The van der Waals surface area contributed by atoms with Crippen LogP contribution in [0.1, 0.15) is 24.1 Å². The maximum Gasteiger partial charge on any atom is 0.191 e. The fourth-order valence-electron chi connectivity index (χ4n) is 2.99. The summed E-state index contributed by atoms with van der Waals surface area (Å²) in [7, 11) is 1.69. The van der Waals surface area contributed by atoms with E-state index in [4.69, 9.17) is 9.15 Å². The van der Waals surface area contributed by atoms with Crippen molar-refractivity contribution >= 4 is 5.96 Å². The molecule has 0 unspecified atom stereocenters. The van der Waals surface area contributed by atoms with Gasteiger partial charge in [-0.1, -0.05) is 25.1 Å². The molecule has 3 rings (SSSR count). The van der Waals surface area contributed by atoms with Gasteiger partial charge in [0.25, 0.3) is 0 Å². The molecule has 0 atom stereocenters. The average Bonchev–Trinajstić information content (AvgIpc) is 3.43. The quantitative estimate of drug-likeness (QED) is 0.404. The molecule has 8 nitrogen and oxygen atoms in total. The molecule has 0 aliphatic heterocycles. The molecule has 0 aliphatic carbocycles. The van der Waals surface area contributed by atoms with E-state index < -0.39 is 0 Å². The summed E-state index contributed by atoms with van der Waals surface area (Å²) in [6.07, 6.45) is 5.11. The van der Waals surface area contributed by atoms with Gasteiger partial charge < -0.3 is 24.4 Å². The second kappa shape index (κ2) is 10.9. The molecule has 0 fully saturated rings. The Labute approximate surface area is 171 Å². The largest absolute Gasteiger partial charge is 0.496 e. The molecule has 0 spiro atoms. The highest BCUT2D eigenvalue weighted by molar-refractivity contribution is 5.79. The third-order valence-electron chi connectivity index (χ3n) is 4.51. The van der Waals surface area contributed by atoms with Crippen molar-refractivity contribution < 1.29 is 9.15 Å². The first-order chi connectivity index (χ1) is 14.3. The number of hydrogen-bond acceptors (Lipinski definition) is 5. The van der Waals surface area contributed by atoms with Crippen LogP contribution in [0.2, 0.25) is 0 Å². The van der Waals surface area contributed by atoms with Gasteiger partial charge in [-0.3, -0.25) is 0 Å². The van der Waals surface area contributed by atoms with Gasteiger partial charge in [0, 0.05) is 26.1 Å². The van der Waals surface area contributed by atoms with Crippen LogP contribution in [-0.4, -0.2) is 40.9 Å². The van der Waals surface area contributed by atoms with Crippen molar-refractivity contribution in [2.24, 2.45) is 4.99 Å². The first-order valence-electron chi connectivity index (χ1n) is 9.83. The van der Waals surface area contributed by atoms with Crippen molar-refractivity contribution in [1.29, 1.82) is 0 Å². The third-order valence-corrected chi connectivity index (χ3v) is 4.51. The molecule has 0 radical (unpaired) electrons. The molecule has 1 aromatic carbocycles. The van der Waals surface area contributed by atoms with Gasteiger partial charge >= 0.3 is 0 Å². The zero-order valence-corrected chi connectivity index (χ0v) is 17.0. The van der Waals surface area contributed by atoms with Crippen LogP contribution < -0.4 is 15.4 Å². The number of methoxy groups -OCH3 is 1. The lowest BCUT2D eigenvalue weighted by atomic mass is 10.1. The number of nitrogens with one attached hydrogen (secondary N) is 2. The second-order valence-electron chi connectivity index (χ2n) is 6.45. The van der Waals surface area contributed by atoms with Crippen molar-refractivity contribution in [3.8, 4) is 5.75 Å². The Morgan fingerprint density at radius 2 is 2.03 bits per heavy atom. The molecule has 2 heterocycles. The molecule has 0 aliphatic rings. The monoisotopic (exact) mass is 396 g/mol. The van der Waals surface area contributed by atoms with Crippen LogP contribution >= 0.6 is 0 Å². The van der Waals surface area contributed by atoms with Gasteiger partial charge in [-0.15, -0.1) is 10.2 Å². The lowest BCUT2D eigenvalue weighted by Gasteiger charge is -2.14. The van der Waals surface area contributed by atoms with E-state index in [2.05, 4.69) is 38.8 Å². The maximum absolute atomic E-state index is 5.43. The number of furan rings is 1. The average molecular weight is 396 g/mol. The van der Waals surface area contributed by atoms with Crippen molar-refractivity contribution in [2.45, 2.75) is 32.9 Å². The SMILES string of the molecule is CCc1nncn1CCNC(=NCc1ccco1)NCCc1ccccc1OC. The van der Waals surface area contributed by atoms with E-state index in [1.54, 1.807) is 19.7 Å². The first kappa shape index (κ1) is 20.4. The highest BCUT2D eigenvalue weighted by Crippen LogP contribution is 2.17. The van der Waals surface area contributed by atoms with Crippen LogP contribution in [0.25, 0.3) is 0 Å². The summed E-state index contributed by atoms with van der Waals surface area (Å²) >= 11 is 0. The molecular formula is C21H28N6O2. The Morgan fingerprint density at radius 3 is 2.83 bits per heavy atom. The molecular weight excluding hydrogens is 368 g/mol. The van der Waals surface area contributed by atoms with Gasteiger partial charge in [0.1, 0.15) is 30.2 Å². The van der Waals surface area contributed by atoms with Crippen molar-refractivity contribution in [3.63, 3.8) is 0 Å². The zero-order chi connectivity index (χ0) is 20.3. The highest BCUT2D eigenvalue weighted by atomic mass is 16.5. The van der Waals surface area contributed by atoms with Crippen LogP contribution in [-0.2, 0) is 25.9 Å². The van der Waals surface area contributed by atoms with Crippen molar-refractivity contribution in [2.75, 3.05) is 20.2 Å². The van der Waals surface area contributed by atoms with Gasteiger partial charge in [-0.25, -0.2) is 4.99 Å². The Bertz CT molecular complexity index is 888. The molecule has 0 saturated carbocycles. The van der Waals surface area contributed by atoms with E-state index in [-0.39, 0.29) is 0 Å². The number of aliphatic imine (C=N–C) groups is 1. The molecule has 2 aromatic heterocycles. The number of nitrogens with zero attached hydrogens (tertiary/aromatic N) is 4. The summed E-state index contributed by atoms with van der Waals surface area (Å²) in [6, 6.07) is 11.8. The molecule has 3 aromatic rings. The van der Waals surface area contributed by atoms with Crippen LogP contribution in [0.3, 0.4) is 0 Å². The fraction of sp³-hybridized carbons (Fsp3) is 0.381. The molecule has 154 valence electrons. The predicted octanol–water partition coefficient (Wildman–Crippen LogP) is 2.42. The molecule has 0 amide bonds. The van der Waals surface area contributed by atoms with E-state index in [9.17, 15) is 0 Å². The standard InChI is InChI=1S/C21H28N6O2/c1-3-20-26-25-16-27(20)13-12-23-21(24-15-18-8-6-14-29-18)22-11-10-17-7-4-5-9-19(17)28-2/h4-9,14,16H,3,10-13,15H2,1-2H3,(H2,22,23,24). The minimum Gasteiger partial charge on any atom is -0.496 e. The van der Waals surface area contributed by atoms with Crippen molar-refractivity contribution in [1.82, 2.24) is 25.4 Å². The minimum atomic E-state index is 0.476. The van der Waals surface area contributed by atoms with Crippen LogP contribution in [0.15, 0.2) is 58.4 Å². The lowest BCUT2D eigenvalue weighted by molar-refractivity contribution is 0.409. The molecule has 29 heavy (non-hydrogen) atoms. The Hall–Kier alpha value is -3.29. The summed E-state index contributed by atoms with van der Waals surface area (Å²) < 4.78 is 12.9. The molecule has 0 bridgehead atoms. The maximum atomic E-state index is 5.43. The Kier molecular flexibility index (Phi) is 7.68. The van der Waals surface area contributed by atoms with E-state index in [1.807, 2.05) is 34.9 Å². The summed E-state index contributed by atoms with van der Waals surface area (Å²) in [4.78, 5) is 4.63. The number of guanidine groups is 1. The molecule has 0 saturated heterocycles. The molecule has 8 heteroatoms. The van der Waals surface area contributed by atoms with E-state index in [1.165, 1.54) is 0 Å². The van der Waals surface area contributed by atoms with Gasteiger partial charge in [-0.2, -0.15) is 0 Å². The van der Waals surface area contributed by atoms with Gasteiger partial charge in [0.05, 0.1) is 13.4 Å². The van der Waals surface area contributed by atoms with Crippen molar-refractivity contribution in [3.05, 3.63) is 66.1 Å². The number of ether oxygens (including phenoxy) is 1. The number of benzene rings is 1. The summed E-state index contributed by atoms with van der Waals surface area (Å²) in [6.45, 7) is 4.76. The van der Waals surface area contributed by atoms with Gasteiger partial charge in [-0.05, 0) is 30.2 Å². The lowest BCUT2D eigenvalue weighted by Crippen LogP contribution is -2.40.